The Labute approximate surface area is 134 Å². The van der Waals surface area contributed by atoms with Gasteiger partial charge in [0.15, 0.2) is 0 Å². The molecule has 4 atom stereocenters. The molecule has 0 unspecified atom stereocenters. The summed E-state index contributed by atoms with van der Waals surface area (Å²) in [7, 11) is 0. The summed E-state index contributed by atoms with van der Waals surface area (Å²) in [5, 5.41) is 3.50. The minimum Gasteiger partial charge on any atom is -0.434 e. The molecule has 1 heterocycles. The lowest BCUT2D eigenvalue weighted by atomic mass is 9.57. The van der Waals surface area contributed by atoms with E-state index in [0.717, 1.165) is 19.1 Å². The van der Waals surface area contributed by atoms with Crippen molar-refractivity contribution in [1.82, 2.24) is 5.32 Å². The molecule has 3 rings (SSSR count). The molecule has 1 aliphatic carbocycles. The van der Waals surface area contributed by atoms with E-state index in [9.17, 15) is 13.2 Å². The van der Waals surface area contributed by atoms with Gasteiger partial charge in [0.05, 0.1) is 6.10 Å². The Kier molecular flexibility index (Phi) is 4.31. The highest BCUT2D eigenvalue weighted by molar-refractivity contribution is 5.36. The summed E-state index contributed by atoms with van der Waals surface area (Å²) in [6, 6.07) is 3.77. The van der Waals surface area contributed by atoms with E-state index in [0.29, 0.717) is 11.5 Å². The number of nitrogens with one attached hydrogen (secondary N) is 1. The maximum Gasteiger partial charge on any atom is 0.387 e. The average molecular weight is 329 g/mol. The van der Waals surface area contributed by atoms with Gasteiger partial charge in [0, 0.05) is 41.7 Å². The number of benzene rings is 1. The molecule has 1 aliphatic heterocycles. The van der Waals surface area contributed by atoms with E-state index in [1.54, 1.807) is 0 Å². The van der Waals surface area contributed by atoms with Gasteiger partial charge in [0.2, 0.25) is 0 Å². The third-order valence-electron chi connectivity index (χ3n) is 5.19. The van der Waals surface area contributed by atoms with E-state index >= 15 is 0 Å². The first-order valence-corrected chi connectivity index (χ1v) is 7.92. The first-order chi connectivity index (χ1) is 10.8. The first-order valence-electron chi connectivity index (χ1n) is 7.92. The Balaban J connectivity index is 1.77. The van der Waals surface area contributed by atoms with Crippen molar-refractivity contribution in [2.24, 2.45) is 11.3 Å². The van der Waals surface area contributed by atoms with Crippen molar-refractivity contribution >= 4 is 0 Å². The van der Waals surface area contributed by atoms with Gasteiger partial charge >= 0.3 is 6.61 Å². The van der Waals surface area contributed by atoms with E-state index < -0.39 is 12.4 Å². The highest BCUT2D eigenvalue weighted by atomic mass is 19.3. The fraction of sp³-hybridized carbons (Fsp3) is 0.647. The van der Waals surface area contributed by atoms with Crippen molar-refractivity contribution in [3.8, 4) is 5.75 Å². The molecule has 1 N–H and O–H groups in total. The molecule has 0 amide bonds. The minimum absolute atomic E-state index is 0.0147. The molecule has 23 heavy (non-hydrogen) atoms. The van der Waals surface area contributed by atoms with E-state index in [1.165, 1.54) is 12.1 Å². The highest BCUT2D eigenvalue weighted by Gasteiger charge is 2.59. The smallest absolute Gasteiger partial charge is 0.387 e. The highest BCUT2D eigenvalue weighted by Crippen LogP contribution is 2.52. The number of fused-ring (bicyclic) bond motifs is 1. The van der Waals surface area contributed by atoms with Crippen molar-refractivity contribution in [3.63, 3.8) is 0 Å². The molecule has 1 aromatic rings. The van der Waals surface area contributed by atoms with Gasteiger partial charge in [-0.2, -0.15) is 8.78 Å². The summed E-state index contributed by atoms with van der Waals surface area (Å²) >= 11 is 0. The second kappa shape index (κ2) is 5.98. The van der Waals surface area contributed by atoms with E-state index in [1.807, 2.05) is 6.92 Å². The summed E-state index contributed by atoms with van der Waals surface area (Å²) < 4.78 is 48.7. The Morgan fingerprint density at radius 2 is 2.09 bits per heavy atom. The lowest BCUT2D eigenvalue weighted by Crippen LogP contribution is -2.66. The number of rotatable bonds is 5. The Morgan fingerprint density at radius 1 is 1.35 bits per heavy atom. The van der Waals surface area contributed by atoms with Gasteiger partial charge in [-0.15, -0.1) is 0 Å². The number of hydrogen-bond donors (Lipinski definition) is 1. The van der Waals surface area contributed by atoms with Crippen molar-refractivity contribution in [1.29, 1.82) is 0 Å². The molecule has 2 aliphatic rings. The van der Waals surface area contributed by atoms with Crippen LogP contribution in [0.2, 0.25) is 0 Å². The molecule has 2 fully saturated rings. The molecular weight excluding hydrogens is 307 g/mol. The van der Waals surface area contributed by atoms with E-state index in [2.05, 4.69) is 23.9 Å². The monoisotopic (exact) mass is 329 g/mol. The quantitative estimate of drug-likeness (QED) is 0.889. The van der Waals surface area contributed by atoms with Crippen molar-refractivity contribution in [3.05, 3.63) is 29.6 Å². The second-order valence-electron chi connectivity index (χ2n) is 6.99. The van der Waals surface area contributed by atoms with Gasteiger partial charge in [-0.3, -0.25) is 0 Å². The van der Waals surface area contributed by atoms with Crippen LogP contribution in [-0.2, 0) is 4.74 Å². The molecule has 6 heteroatoms. The lowest BCUT2D eigenvalue weighted by Gasteiger charge is -2.55. The van der Waals surface area contributed by atoms with Crippen LogP contribution in [0.25, 0.3) is 0 Å². The van der Waals surface area contributed by atoms with Crippen LogP contribution in [0.1, 0.15) is 38.8 Å². The average Bonchev–Trinajstić information content (AvgIpc) is 2.91. The zero-order valence-electron chi connectivity index (χ0n) is 13.5. The fourth-order valence-electron chi connectivity index (χ4n) is 4.09. The Hall–Kier alpha value is -1.27. The van der Waals surface area contributed by atoms with Crippen LogP contribution in [0.4, 0.5) is 13.2 Å². The predicted octanol–water partition coefficient (Wildman–Crippen LogP) is 3.89. The van der Waals surface area contributed by atoms with Crippen LogP contribution in [-0.4, -0.2) is 25.4 Å². The van der Waals surface area contributed by atoms with Crippen molar-refractivity contribution < 1.29 is 22.6 Å². The standard InChI is InChI=1S/C17H22F3NO2/c1-9(11-5-4-10(18)8-13(11)23-16(19)20)21-14-12-6-7-22-15(12)17(14,2)3/h4-5,8-9,12,14-16,21H,6-7H2,1-3H3/t9-,12-,14+,15-/m0/s1. The number of hydrogen-bond acceptors (Lipinski definition) is 3. The van der Waals surface area contributed by atoms with Gasteiger partial charge in [-0.25, -0.2) is 4.39 Å². The van der Waals surface area contributed by atoms with Crippen molar-refractivity contribution in [2.45, 2.75) is 52.0 Å². The number of alkyl halides is 2. The van der Waals surface area contributed by atoms with Crippen molar-refractivity contribution in [2.75, 3.05) is 6.61 Å². The normalized spacial score (nSPS) is 30.0. The molecule has 0 radical (unpaired) electrons. The molecular formula is C17H22F3NO2. The van der Waals surface area contributed by atoms with Crippen LogP contribution < -0.4 is 10.1 Å². The third-order valence-corrected chi connectivity index (χ3v) is 5.19. The minimum atomic E-state index is -2.98. The number of halogens is 3. The summed E-state index contributed by atoms with van der Waals surface area (Å²) in [4.78, 5) is 0. The SMILES string of the molecule is C[C@H](N[C@@H]1[C@@H]2CCO[C@@H]2C1(C)C)c1ccc(F)cc1OC(F)F. The fourth-order valence-corrected chi connectivity index (χ4v) is 4.09. The Bertz CT molecular complexity index is 579. The summed E-state index contributed by atoms with van der Waals surface area (Å²) in [5.41, 5.74) is 0.518. The molecule has 0 aromatic heterocycles. The van der Waals surface area contributed by atoms with Crippen LogP contribution >= 0.6 is 0 Å². The molecule has 1 saturated carbocycles. The van der Waals surface area contributed by atoms with Crippen LogP contribution in [0, 0.1) is 17.2 Å². The summed E-state index contributed by atoms with van der Waals surface area (Å²) in [6.07, 6.45) is 1.25. The maximum absolute atomic E-state index is 13.3. The first kappa shape index (κ1) is 16.6. The van der Waals surface area contributed by atoms with Gasteiger partial charge in [0.1, 0.15) is 11.6 Å². The topological polar surface area (TPSA) is 30.5 Å². The maximum atomic E-state index is 13.3. The zero-order chi connectivity index (χ0) is 16.8. The molecule has 1 saturated heterocycles. The second-order valence-corrected chi connectivity index (χ2v) is 6.99. The van der Waals surface area contributed by atoms with Crippen LogP contribution in [0.5, 0.6) is 5.75 Å². The molecule has 3 nitrogen and oxygen atoms in total. The largest absolute Gasteiger partial charge is 0.434 e. The summed E-state index contributed by atoms with van der Waals surface area (Å²) in [6.45, 7) is 3.96. The van der Waals surface area contributed by atoms with Gasteiger partial charge in [-0.1, -0.05) is 19.9 Å². The Morgan fingerprint density at radius 3 is 2.78 bits per heavy atom. The molecule has 0 spiro atoms. The van der Waals surface area contributed by atoms with Gasteiger partial charge in [-0.05, 0) is 19.4 Å². The molecule has 128 valence electrons. The summed E-state index contributed by atoms with van der Waals surface area (Å²) in [5.74, 6) is -0.270. The third kappa shape index (κ3) is 2.94. The molecule has 1 aromatic carbocycles. The predicted molar refractivity (Wildman–Crippen MR) is 80.0 cm³/mol. The van der Waals surface area contributed by atoms with E-state index in [4.69, 9.17) is 4.74 Å². The van der Waals surface area contributed by atoms with Crippen LogP contribution in [0.3, 0.4) is 0 Å². The molecule has 0 bridgehead atoms. The zero-order valence-corrected chi connectivity index (χ0v) is 13.5. The van der Waals surface area contributed by atoms with E-state index in [-0.39, 0.29) is 29.4 Å². The van der Waals surface area contributed by atoms with Crippen LogP contribution in [0.15, 0.2) is 18.2 Å². The lowest BCUT2D eigenvalue weighted by molar-refractivity contribution is -0.115. The van der Waals surface area contributed by atoms with Gasteiger partial charge < -0.3 is 14.8 Å². The number of ether oxygens (including phenoxy) is 2. The van der Waals surface area contributed by atoms with Gasteiger partial charge in [0.25, 0.3) is 0 Å².